The van der Waals surface area contributed by atoms with Crippen molar-refractivity contribution in [1.82, 2.24) is 18.9 Å². The van der Waals surface area contributed by atoms with Crippen molar-refractivity contribution in [2.45, 2.75) is 39.7 Å². The maximum atomic E-state index is 12.2. The summed E-state index contributed by atoms with van der Waals surface area (Å²) in [5, 5.41) is 0.781. The van der Waals surface area contributed by atoms with Gasteiger partial charge in [-0.25, -0.2) is 9.97 Å². The first kappa shape index (κ1) is 19.3. The number of fused-ring (bicyclic) bond motifs is 5. The fraction of sp³-hybridized carbons (Fsp3) is 0.240. The van der Waals surface area contributed by atoms with E-state index in [0.29, 0.717) is 12.2 Å². The Balaban J connectivity index is 1.74. The number of carbonyl (C=O) groups is 1. The molecule has 0 saturated heterocycles. The number of benzene rings is 2. The fourth-order valence-electron chi connectivity index (χ4n) is 4.05. The Labute approximate surface area is 180 Å². The minimum atomic E-state index is -0.268. The van der Waals surface area contributed by atoms with Crippen LogP contribution in [0.25, 0.3) is 27.7 Å². The number of ether oxygens (including phenoxy) is 1. The molecule has 0 aliphatic rings. The van der Waals surface area contributed by atoms with Gasteiger partial charge in [-0.2, -0.15) is 0 Å². The Kier molecular flexibility index (Phi) is 4.90. The van der Waals surface area contributed by atoms with Crippen molar-refractivity contribution in [1.29, 1.82) is 0 Å². The van der Waals surface area contributed by atoms with Gasteiger partial charge in [0.2, 0.25) is 0 Å². The largest absolute Gasteiger partial charge is 0.424 e. The Morgan fingerprint density at radius 1 is 0.968 bits per heavy atom. The zero-order chi connectivity index (χ0) is 21.4. The standard InChI is InChI=1S/C25H24N4O2/c1-3-21-27-24-23(25-26-18-12-8-9-13-19(18)29(21)25)20(31-22(30)4-2)16-28(24)15-14-17-10-6-5-7-11-17/h5-13,16H,3-4,14-15H2,1-2H3. The zero-order valence-corrected chi connectivity index (χ0v) is 17.7. The maximum Gasteiger partial charge on any atom is 0.310 e. The first-order chi connectivity index (χ1) is 15.2. The summed E-state index contributed by atoms with van der Waals surface area (Å²) in [5.41, 5.74) is 4.74. The monoisotopic (exact) mass is 412 g/mol. The van der Waals surface area contributed by atoms with Crippen LogP contribution in [0.4, 0.5) is 0 Å². The highest BCUT2D eigenvalue weighted by atomic mass is 16.5. The van der Waals surface area contributed by atoms with E-state index in [1.54, 1.807) is 6.92 Å². The molecule has 0 fully saturated rings. The summed E-state index contributed by atoms with van der Waals surface area (Å²) < 4.78 is 9.90. The molecule has 0 saturated carbocycles. The van der Waals surface area contributed by atoms with Crippen LogP contribution < -0.4 is 4.74 Å². The Bertz CT molecular complexity index is 1400. The molecule has 0 unspecified atom stereocenters. The van der Waals surface area contributed by atoms with Gasteiger partial charge in [-0.15, -0.1) is 0 Å². The molecular formula is C25H24N4O2. The normalized spacial score (nSPS) is 11.5. The van der Waals surface area contributed by atoms with E-state index >= 15 is 0 Å². The first-order valence-electron chi connectivity index (χ1n) is 10.7. The molecule has 0 radical (unpaired) electrons. The molecule has 0 bridgehead atoms. The maximum absolute atomic E-state index is 12.2. The summed E-state index contributed by atoms with van der Waals surface area (Å²) in [4.78, 5) is 22.1. The van der Waals surface area contributed by atoms with Crippen LogP contribution in [0.5, 0.6) is 5.75 Å². The highest BCUT2D eigenvalue weighted by molar-refractivity contribution is 6.00. The highest BCUT2D eigenvalue weighted by Gasteiger charge is 2.21. The summed E-state index contributed by atoms with van der Waals surface area (Å²) in [7, 11) is 0. The second kappa shape index (κ2) is 7.87. The van der Waals surface area contributed by atoms with Crippen molar-refractivity contribution in [3.8, 4) is 5.75 Å². The van der Waals surface area contributed by atoms with Crippen LogP contribution in [0.15, 0.2) is 60.8 Å². The van der Waals surface area contributed by atoms with Gasteiger partial charge in [-0.1, -0.05) is 56.3 Å². The lowest BCUT2D eigenvalue weighted by Crippen LogP contribution is -2.06. The number of imidazole rings is 1. The molecule has 0 amide bonds. The Morgan fingerprint density at radius 3 is 2.52 bits per heavy atom. The van der Waals surface area contributed by atoms with Gasteiger partial charge in [-0.3, -0.25) is 9.20 Å². The average Bonchev–Trinajstić information content (AvgIpc) is 3.36. The number of para-hydroxylation sites is 2. The zero-order valence-electron chi connectivity index (χ0n) is 17.7. The summed E-state index contributed by atoms with van der Waals surface area (Å²) in [6.07, 6.45) is 3.83. The molecule has 0 atom stereocenters. The number of nitrogens with zero attached hydrogens (tertiary/aromatic N) is 4. The number of rotatable bonds is 6. The van der Waals surface area contributed by atoms with E-state index in [9.17, 15) is 4.79 Å². The van der Waals surface area contributed by atoms with Crippen molar-refractivity contribution >= 4 is 33.7 Å². The van der Waals surface area contributed by atoms with Crippen LogP contribution in [0, 0.1) is 0 Å². The van der Waals surface area contributed by atoms with Crippen LogP contribution in [0.2, 0.25) is 0 Å². The predicted octanol–water partition coefficient (Wildman–Crippen LogP) is 4.96. The molecule has 5 rings (SSSR count). The second-order valence-electron chi connectivity index (χ2n) is 7.59. The highest BCUT2D eigenvalue weighted by Crippen LogP contribution is 2.34. The smallest absolute Gasteiger partial charge is 0.310 e. The van der Waals surface area contributed by atoms with E-state index in [1.807, 2.05) is 48.7 Å². The van der Waals surface area contributed by atoms with E-state index in [1.165, 1.54) is 5.56 Å². The Hall–Kier alpha value is -3.67. The first-order valence-corrected chi connectivity index (χ1v) is 10.7. The molecule has 6 heteroatoms. The number of hydrogen-bond acceptors (Lipinski definition) is 4. The van der Waals surface area contributed by atoms with Crippen LogP contribution in [-0.2, 0) is 24.2 Å². The van der Waals surface area contributed by atoms with Gasteiger partial charge in [0.05, 0.1) is 11.0 Å². The second-order valence-corrected chi connectivity index (χ2v) is 7.59. The van der Waals surface area contributed by atoms with E-state index in [-0.39, 0.29) is 5.97 Å². The molecule has 0 aliphatic heterocycles. The summed E-state index contributed by atoms with van der Waals surface area (Å²) in [6.45, 7) is 4.62. The van der Waals surface area contributed by atoms with E-state index < -0.39 is 0 Å². The predicted molar refractivity (Wildman–Crippen MR) is 121 cm³/mol. The summed E-state index contributed by atoms with van der Waals surface area (Å²) >= 11 is 0. The van der Waals surface area contributed by atoms with Gasteiger partial charge >= 0.3 is 5.97 Å². The number of hydrogen-bond donors (Lipinski definition) is 0. The lowest BCUT2D eigenvalue weighted by atomic mass is 10.1. The third-order valence-electron chi connectivity index (χ3n) is 5.61. The summed E-state index contributed by atoms with van der Waals surface area (Å²) in [5.74, 6) is 1.19. The Morgan fingerprint density at radius 2 is 1.74 bits per heavy atom. The van der Waals surface area contributed by atoms with Crippen molar-refractivity contribution in [3.63, 3.8) is 0 Å². The van der Waals surface area contributed by atoms with Gasteiger partial charge in [0, 0.05) is 25.6 Å². The van der Waals surface area contributed by atoms with Crippen LogP contribution in [-0.4, -0.2) is 24.9 Å². The fourth-order valence-corrected chi connectivity index (χ4v) is 4.05. The van der Waals surface area contributed by atoms with E-state index in [4.69, 9.17) is 14.7 Å². The average molecular weight is 412 g/mol. The number of aryl methyl sites for hydroxylation is 3. The van der Waals surface area contributed by atoms with Crippen LogP contribution in [0.1, 0.15) is 31.7 Å². The van der Waals surface area contributed by atoms with Gasteiger partial charge < -0.3 is 9.30 Å². The molecule has 3 aromatic heterocycles. The molecule has 0 spiro atoms. The van der Waals surface area contributed by atoms with Crippen LogP contribution >= 0.6 is 0 Å². The van der Waals surface area contributed by atoms with Gasteiger partial charge in [-0.05, 0) is 24.1 Å². The van der Waals surface area contributed by atoms with Crippen LogP contribution in [0.3, 0.4) is 0 Å². The SMILES string of the molecule is CCC(=O)Oc1cn(CCc2ccccc2)c2nc(CC)n3c4ccccc4nc3c12. The number of esters is 1. The molecule has 0 N–H and O–H groups in total. The molecule has 3 heterocycles. The lowest BCUT2D eigenvalue weighted by Gasteiger charge is -2.08. The minimum absolute atomic E-state index is 0.268. The molecular weight excluding hydrogens is 388 g/mol. The van der Waals surface area contributed by atoms with Crippen molar-refractivity contribution in [2.24, 2.45) is 0 Å². The van der Waals surface area contributed by atoms with Crippen molar-refractivity contribution < 1.29 is 9.53 Å². The molecule has 0 aliphatic carbocycles. The number of aromatic nitrogens is 4. The molecule has 6 nitrogen and oxygen atoms in total. The summed E-state index contributed by atoms with van der Waals surface area (Å²) in [6, 6.07) is 18.4. The lowest BCUT2D eigenvalue weighted by molar-refractivity contribution is -0.133. The molecule has 156 valence electrons. The third kappa shape index (κ3) is 3.34. The van der Waals surface area contributed by atoms with Gasteiger partial charge in [0.25, 0.3) is 0 Å². The van der Waals surface area contributed by atoms with Gasteiger partial charge in [0.15, 0.2) is 11.4 Å². The molecule has 2 aromatic carbocycles. The minimum Gasteiger partial charge on any atom is -0.424 e. The van der Waals surface area contributed by atoms with Crippen molar-refractivity contribution in [2.75, 3.05) is 0 Å². The van der Waals surface area contributed by atoms with E-state index in [2.05, 4.69) is 28.0 Å². The van der Waals surface area contributed by atoms with Gasteiger partial charge in [0.1, 0.15) is 16.9 Å². The molecule has 31 heavy (non-hydrogen) atoms. The number of carbonyl (C=O) groups excluding carboxylic acids is 1. The topological polar surface area (TPSA) is 61.4 Å². The quantitative estimate of drug-likeness (QED) is 0.370. The van der Waals surface area contributed by atoms with Crippen molar-refractivity contribution in [3.05, 3.63) is 72.2 Å². The third-order valence-corrected chi connectivity index (χ3v) is 5.61. The molecule has 5 aromatic rings. The van der Waals surface area contributed by atoms with E-state index in [0.717, 1.165) is 52.9 Å².